The van der Waals surface area contributed by atoms with E-state index in [1.54, 1.807) is 0 Å². The second-order valence-electron chi connectivity index (χ2n) is 0.304. The van der Waals surface area contributed by atoms with Crippen molar-refractivity contribution in [3.05, 3.63) is 0 Å². The first-order chi connectivity index (χ1) is 1.73. The van der Waals surface area contributed by atoms with Crippen LogP contribution in [0.5, 0.6) is 0 Å². The van der Waals surface area contributed by atoms with Gasteiger partial charge in [-0.1, -0.05) is 0 Å². The van der Waals surface area contributed by atoms with Gasteiger partial charge in [-0.2, -0.15) is 8.42 Å². The first-order valence-electron chi connectivity index (χ1n) is 0.622. The molecular weight excluding hydrogens is 92.1 g/mol. The van der Waals surface area contributed by atoms with E-state index in [1.165, 1.54) is 0 Å². The highest BCUT2D eigenvalue weighted by Gasteiger charge is 1.28. The van der Waals surface area contributed by atoms with E-state index in [-0.39, 0.29) is 5.48 Å². The maximum atomic E-state index is 8.89. The van der Waals surface area contributed by atoms with Crippen molar-refractivity contribution in [1.82, 2.24) is 0 Å². The first kappa shape index (κ1) is 8.82. The molecule has 0 saturated heterocycles. The molecular formula is CH4O3S. The van der Waals surface area contributed by atoms with Gasteiger partial charge >= 0.3 is 0 Å². The molecule has 0 heterocycles. The average molecular weight is 96.1 g/mol. The van der Waals surface area contributed by atoms with E-state index >= 15 is 0 Å². The molecule has 0 atom stereocenters. The summed E-state index contributed by atoms with van der Waals surface area (Å²) in [7, 11) is -2.11. The highest BCUT2D eigenvalue weighted by Crippen LogP contribution is 1.08. The molecule has 0 radical (unpaired) electrons. The Balaban J connectivity index is 0. The molecule has 0 aliphatic carbocycles. The number of rotatable bonds is 0. The molecule has 0 saturated carbocycles. The van der Waals surface area contributed by atoms with E-state index in [1.807, 2.05) is 0 Å². The fourth-order valence-corrected chi connectivity index (χ4v) is 0. The average Bonchev–Trinajstić information content (AvgIpc) is 0.811. The van der Waals surface area contributed by atoms with Crippen molar-refractivity contribution in [3.8, 4) is 0 Å². The maximum Gasteiger partial charge on any atom is 0.206 e. The van der Waals surface area contributed by atoms with Gasteiger partial charge in [0.15, 0.2) is 0 Å². The Labute approximate surface area is 31.1 Å². The molecule has 32 valence electrons. The molecule has 5 heavy (non-hydrogen) atoms. The largest absolute Gasteiger partial charge is 0.412 e. The Bertz CT molecular complexity index is 76.3. The van der Waals surface area contributed by atoms with Crippen molar-refractivity contribution in [3.63, 3.8) is 0 Å². The normalized spacial score (nSPS) is 4.80. The molecule has 0 aliphatic heterocycles. The second kappa shape index (κ2) is 3.65. The van der Waals surface area contributed by atoms with Crippen molar-refractivity contribution in [1.29, 1.82) is 0 Å². The van der Waals surface area contributed by atoms with Crippen LogP contribution in [0.4, 0.5) is 0 Å². The van der Waals surface area contributed by atoms with Gasteiger partial charge in [-0.05, 0) is 0 Å². The first-order valence-corrected chi connectivity index (χ1v) is 1.87. The van der Waals surface area contributed by atoms with Gasteiger partial charge in [-0.15, -0.1) is 0 Å². The van der Waals surface area contributed by atoms with Crippen LogP contribution in [-0.4, -0.2) is 19.8 Å². The molecule has 0 rings (SSSR count). The van der Waals surface area contributed by atoms with Gasteiger partial charge < -0.3 is 5.48 Å². The van der Waals surface area contributed by atoms with E-state index < -0.39 is 10.3 Å². The molecule has 0 aromatic rings. The minimum Gasteiger partial charge on any atom is -0.412 e. The minimum atomic E-state index is -2.11. The van der Waals surface area contributed by atoms with E-state index in [4.69, 9.17) is 8.42 Å². The summed E-state index contributed by atoms with van der Waals surface area (Å²) in [4.78, 5) is 0. The molecule has 0 aliphatic rings. The van der Waals surface area contributed by atoms with Crippen LogP contribution in [-0.2, 0) is 10.3 Å². The summed E-state index contributed by atoms with van der Waals surface area (Å²) >= 11 is 0. The van der Waals surface area contributed by atoms with Gasteiger partial charge in [0.05, 0.1) is 0 Å². The van der Waals surface area contributed by atoms with E-state index in [0.29, 0.717) is 0 Å². The fourth-order valence-electron chi connectivity index (χ4n) is 0. The lowest BCUT2D eigenvalue weighted by Gasteiger charge is -1.19. The van der Waals surface area contributed by atoms with E-state index in [0.717, 1.165) is 0 Å². The summed E-state index contributed by atoms with van der Waals surface area (Å²) in [5, 5.41) is 0. The Morgan fingerprint density at radius 1 is 1.40 bits per heavy atom. The van der Waals surface area contributed by atoms with Gasteiger partial charge in [0.2, 0.25) is 10.3 Å². The lowest BCUT2D eigenvalue weighted by atomic mass is 12.0. The molecule has 4 heteroatoms. The smallest absolute Gasteiger partial charge is 0.206 e. The summed E-state index contributed by atoms with van der Waals surface area (Å²) in [5.41, 5.74) is 0. The Morgan fingerprint density at radius 3 is 1.40 bits per heavy atom. The molecule has 0 aromatic carbocycles. The van der Waals surface area contributed by atoms with Crippen molar-refractivity contribution >= 4 is 16.2 Å². The lowest BCUT2D eigenvalue weighted by Crippen LogP contribution is -1.39. The van der Waals surface area contributed by atoms with Crippen LogP contribution in [0.1, 0.15) is 0 Å². The van der Waals surface area contributed by atoms with Crippen LogP contribution in [0.3, 0.4) is 0 Å². The summed E-state index contributed by atoms with van der Waals surface area (Å²) in [6.07, 6.45) is 0. The highest BCUT2D eigenvalue weighted by atomic mass is 32.2. The molecule has 0 unspecified atom stereocenters. The molecule has 0 bridgehead atoms. The molecule has 0 aromatic heterocycles. The van der Waals surface area contributed by atoms with Gasteiger partial charge in [0, 0.05) is 5.87 Å². The van der Waals surface area contributed by atoms with E-state index in [2.05, 4.69) is 5.87 Å². The van der Waals surface area contributed by atoms with Gasteiger partial charge in [0.25, 0.3) is 0 Å². The van der Waals surface area contributed by atoms with Crippen molar-refractivity contribution in [2.24, 2.45) is 0 Å². The molecule has 0 fully saturated rings. The van der Waals surface area contributed by atoms with Crippen molar-refractivity contribution in [2.45, 2.75) is 0 Å². The van der Waals surface area contributed by atoms with E-state index in [9.17, 15) is 0 Å². The molecule has 0 amide bonds. The van der Waals surface area contributed by atoms with Crippen LogP contribution in [0.15, 0.2) is 0 Å². The van der Waals surface area contributed by atoms with Crippen LogP contribution in [0, 0.1) is 0 Å². The molecule has 3 nitrogen and oxygen atoms in total. The fraction of sp³-hybridized carbons (Fsp3) is 0. The summed E-state index contributed by atoms with van der Waals surface area (Å²) < 4.78 is 17.8. The van der Waals surface area contributed by atoms with Gasteiger partial charge in [-0.3, -0.25) is 0 Å². The SMILES string of the molecule is C=S(=O)=O.O. The zero-order valence-electron chi connectivity index (χ0n) is 2.43. The predicted octanol–water partition coefficient (Wildman–Crippen LogP) is -1.53. The zero-order valence-corrected chi connectivity index (χ0v) is 3.25. The Hall–Kier alpha value is -0.350. The Morgan fingerprint density at radius 2 is 1.40 bits per heavy atom. The standard InChI is InChI=1S/CH2O2S.H2O/c1-4(2)3;/h1H2;1H2. The molecule has 2 N–H and O–H groups in total. The maximum absolute atomic E-state index is 8.89. The Kier molecular flexibility index (Phi) is 6.44. The zero-order chi connectivity index (χ0) is 3.58. The predicted molar refractivity (Wildman–Crippen MR) is 19.7 cm³/mol. The highest BCUT2D eigenvalue weighted by molar-refractivity contribution is 7.70. The van der Waals surface area contributed by atoms with Crippen molar-refractivity contribution in [2.75, 3.05) is 0 Å². The third kappa shape index (κ3) is 81.1. The van der Waals surface area contributed by atoms with Crippen LogP contribution < -0.4 is 0 Å². The number of hydrogen-bond acceptors (Lipinski definition) is 2. The second-order valence-corrected chi connectivity index (χ2v) is 0.911. The van der Waals surface area contributed by atoms with Crippen LogP contribution in [0.25, 0.3) is 0 Å². The van der Waals surface area contributed by atoms with Crippen molar-refractivity contribution < 1.29 is 13.9 Å². The summed E-state index contributed by atoms with van der Waals surface area (Å²) in [6.45, 7) is 0. The van der Waals surface area contributed by atoms with Gasteiger partial charge in [0.1, 0.15) is 0 Å². The monoisotopic (exact) mass is 96.0 g/mol. The van der Waals surface area contributed by atoms with Crippen LogP contribution >= 0.6 is 0 Å². The van der Waals surface area contributed by atoms with Gasteiger partial charge in [-0.25, -0.2) is 0 Å². The quantitative estimate of drug-likeness (QED) is 0.343. The lowest BCUT2D eigenvalue weighted by molar-refractivity contribution is 0.627. The summed E-state index contributed by atoms with van der Waals surface area (Å²) in [6, 6.07) is 0. The number of hydrogen-bond donors (Lipinski definition) is 0. The third-order valence-corrected chi connectivity index (χ3v) is 0. The minimum absolute atomic E-state index is 0. The molecule has 0 spiro atoms. The summed E-state index contributed by atoms with van der Waals surface area (Å²) in [5.74, 6) is 2.56. The topological polar surface area (TPSA) is 65.6 Å². The third-order valence-electron chi connectivity index (χ3n) is 0. The van der Waals surface area contributed by atoms with Crippen LogP contribution in [0.2, 0.25) is 0 Å².